The number of carbonyl (C=O) groups is 2. The molecule has 3 rings (SSSR count). The van der Waals surface area contributed by atoms with Gasteiger partial charge in [0.25, 0.3) is 0 Å². The standard InChI is InChI=1S/C20H23BrN4O2/c21-16-6-8-18(9-7-16)23-20(27)15-25-12-10-24(11-13-25)14-19(26)22-17-4-2-1-3-5-17/h1-9H,10-15H2,(H,22,26)(H,23,27). The molecule has 1 heterocycles. The van der Waals surface area contributed by atoms with Crippen molar-refractivity contribution in [3.05, 3.63) is 59.1 Å². The number of piperazine rings is 1. The van der Waals surface area contributed by atoms with Crippen LogP contribution in [0.3, 0.4) is 0 Å². The largest absolute Gasteiger partial charge is 0.325 e. The van der Waals surface area contributed by atoms with Crippen LogP contribution < -0.4 is 10.6 Å². The maximum Gasteiger partial charge on any atom is 0.238 e. The summed E-state index contributed by atoms with van der Waals surface area (Å²) in [7, 11) is 0. The third-order valence-electron chi connectivity index (χ3n) is 4.38. The Morgan fingerprint density at radius 1 is 0.741 bits per heavy atom. The molecule has 7 heteroatoms. The Morgan fingerprint density at radius 2 is 1.19 bits per heavy atom. The van der Waals surface area contributed by atoms with Gasteiger partial charge in [0.2, 0.25) is 11.8 Å². The Morgan fingerprint density at radius 3 is 1.67 bits per heavy atom. The first kappa shape index (κ1) is 19.5. The van der Waals surface area contributed by atoms with Crippen molar-refractivity contribution in [1.29, 1.82) is 0 Å². The third kappa shape index (κ3) is 6.46. The normalized spacial score (nSPS) is 15.3. The molecule has 0 aromatic heterocycles. The molecule has 0 unspecified atom stereocenters. The Labute approximate surface area is 167 Å². The number of halogens is 1. The van der Waals surface area contributed by atoms with E-state index in [1.807, 2.05) is 54.6 Å². The number of anilines is 2. The number of hydrogen-bond acceptors (Lipinski definition) is 4. The van der Waals surface area contributed by atoms with E-state index in [4.69, 9.17) is 0 Å². The fraction of sp³-hybridized carbons (Fsp3) is 0.300. The van der Waals surface area contributed by atoms with Gasteiger partial charge in [0, 0.05) is 42.0 Å². The molecule has 27 heavy (non-hydrogen) atoms. The molecule has 1 fully saturated rings. The molecule has 6 nitrogen and oxygen atoms in total. The molecule has 2 N–H and O–H groups in total. The Kier molecular flexibility index (Phi) is 6.98. The van der Waals surface area contributed by atoms with Crippen LogP contribution in [0.15, 0.2) is 59.1 Å². The van der Waals surface area contributed by atoms with E-state index in [2.05, 4.69) is 36.4 Å². The van der Waals surface area contributed by atoms with Gasteiger partial charge in [-0.05, 0) is 36.4 Å². The van der Waals surface area contributed by atoms with Crippen LogP contribution in [0, 0.1) is 0 Å². The van der Waals surface area contributed by atoms with Crippen molar-refractivity contribution in [2.24, 2.45) is 0 Å². The molecule has 0 spiro atoms. The van der Waals surface area contributed by atoms with E-state index in [9.17, 15) is 9.59 Å². The first-order valence-electron chi connectivity index (χ1n) is 8.93. The van der Waals surface area contributed by atoms with Crippen LogP contribution in [-0.2, 0) is 9.59 Å². The molecule has 0 saturated carbocycles. The molecule has 1 saturated heterocycles. The van der Waals surface area contributed by atoms with Crippen molar-refractivity contribution in [1.82, 2.24) is 9.80 Å². The van der Waals surface area contributed by atoms with Gasteiger partial charge in [-0.2, -0.15) is 0 Å². The van der Waals surface area contributed by atoms with E-state index in [1.54, 1.807) is 0 Å². The zero-order valence-corrected chi connectivity index (χ0v) is 16.6. The number of rotatable bonds is 6. The number of amides is 2. The fourth-order valence-corrected chi connectivity index (χ4v) is 3.23. The molecule has 1 aliphatic rings. The Hall–Kier alpha value is -2.22. The van der Waals surface area contributed by atoms with Crippen molar-refractivity contribution in [3.63, 3.8) is 0 Å². The highest BCUT2D eigenvalue weighted by atomic mass is 79.9. The highest BCUT2D eigenvalue weighted by Gasteiger charge is 2.20. The average Bonchev–Trinajstić information content (AvgIpc) is 2.66. The lowest BCUT2D eigenvalue weighted by Gasteiger charge is -2.33. The molecule has 0 aliphatic carbocycles. The first-order chi connectivity index (χ1) is 13.1. The van der Waals surface area contributed by atoms with E-state index in [0.717, 1.165) is 42.0 Å². The van der Waals surface area contributed by atoms with Crippen LogP contribution in [0.5, 0.6) is 0 Å². The molecule has 2 aromatic carbocycles. The summed E-state index contributed by atoms with van der Waals surface area (Å²) in [6, 6.07) is 17.0. The summed E-state index contributed by atoms with van der Waals surface area (Å²) in [5, 5.41) is 5.81. The number of nitrogens with zero attached hydrogens (tertiary/aromatic N) is 2. The van der Waals surface area contributed by atoms with E-state index < -0.39 is 0 Å². The number of para-hydroxylation sites is 1. The van der Waals surface area contributed by atoms with E-state index in [1.165, 1.54) is 0 Å². The predicted octanol–water partition coefficient (Wildman–Crippen LogP) is 2.64. The molecule has 0 atom stereocenters. The van der Waals surface area contributed by atoms with Crippen LogP contribution in [0.25, 0.3) is 0 Å². The smallest absolute Gasteiger partial charge is 0.238 e. The van der Waals surface area contributed by atoms with Gasteiger partial charge in [-0.25, -0.2) is 0 Å². The second-order valence-electron chi connectivity index (χ2n) is 6.52. The van der Waals surface area contributed by atoms with Crippen LogP contribution >= 0.6 is 15.9 Å². The molecule has 1 aliphatic heterocycles. The highest BCUT2D eigenvalue weighted by Crippen LogP contribution is 2.14. The van der Waals surface area contributed by atoms with E-state index >= 15 is 0 Å². The summed E-state index contributed by atoms with van der Waals surface area (Å²) in [5.74, 6) is -0.0322. The summed E-state index contributed by atoms with van der Waals surface area (Å²) in [4.78, 5) is 28.5. The highest BCUT2D eigenvalue weighted by molar-refractivity contribution is 9.10. The van der Waals surface area contributed by atoms with E-state index in [0.29, 0.717) is 13.1 Å². The third-order valence-corrected chi connectivity index (χ3v) is 4.91. The summed E-state index contributed by atoms with van der Waals surface area (Å²) < 4.78 is 0.980. The number of benzene rings is 2. The van der Waals surface area contributed by atoms with Gasteiger partial charge in [0.15, 0.2) is 0 Å². The summed E-state index contributed by atoms with van der Waals surface area (Å²) in [6.07, 6.45) is 0. The maximum absolute atomic E-state index is 12.2. The second-order valence-corrected chi connectivity index (χ2v) is 7.44. The van der Waals surface area contributed by atoms with E-state index in [-0.39, 0.29) is 11.8 Å². The van der Waals surface area contributed by atoms with Crippen molar-refractivity contribution in [3.8, 4) is 0 Å². The zero-order chi connectivity index (χ0) is 19.1. The monoisotopic (exact) mass is 430 g/mol. The maximum atomic E-state index is 12.2. The van der Waals surface area contributed by atoms with Gasteiger partial charge >= 0.3 is 0 Å². The van der Waals surface area contributed by atoms with Gasteiger partial charge in [0.05, 0.1) is 13.1 Å². The SMILES string of the molecule is O=C(CN1CCN(CC(=O)Nc2ccc(Br)cc2)CC1)Nc1ccccc1. The first-order valence-corrected chi connectivity index (χ1v) is 9.73. The van der Waals surface area contributed by atoms with Gasteiger partial charge in [-0.15, -0.1) is 0 Å². The quantitative estimate of drug-likeness (QED) is 0.739. The lowest BCUT2D eigenvalue weighted by atomic mass is 10.3. The van der Waals surface area contributed by atoms with Crippen LogP contribution in [0.2, 0.25) is 0 Å². The van der Waals surface area contributed by atoms with Gasteiger partial charge in [-0.3, -0.25) is 19.4 Å². The molecule has 2 amide bonds. The summed E-state index contributed by atoms with van der Waals surface area (Å²) in [6.45, 7) is 3.81. The predicted molar refractivity (Wildman–Crippen MR) is 111 cm³/mol. The van der Waals surface area contributed by atoms with Gasteiger partial charge in [0.1, 0.15) is 0 Å². The van der Waals surface area contributed by atoms with Crippen molar-refractivity contribution < 1.29 is 9.59 Å². The number of nitrogens with one attached hydrogen (secondary N) is 2. The van der Waals surface area contributed by atoms with Crippen LogP contribution in [0.1, 0.15) is 0 Å². The van der Waals surface area contributed by atoms with Crippen LogP contribution in [0.4, 0.5) is 11.4 Å². The van der Waals surface area contributed by atoms with Crippen molar-refractivity contribution in [2.45, 2.75) is 0 Å². The average molecular weight is 431 g/mol. The minimum absolute atomic E-state index is 0.0115. The molecule has 0 radical (unpaired) electrons. The molecular weight excluding hydrogens is 408 g/mol. The van der Waals surface area contributed by atoms with Crippen LogP contribution in [-0.4, -0.2) is 60.9 Å². The van der Waals surface area contributed by atoms with Gasteiger partial charge in [-0.1, -0.05) is 34.1 Å². The summed E-state index contributed by atoms with van der Waals surface area (Å²) in [5.41, 5.74) is 1.60. The number of carbonyl (C=O) groups excluding carboxylic acids is 2. The van der Waals surface area contributed by atoms with Crippen molar-refractivity contribution in [2.75, 3.05) is 49.9 Å². The van der Waals surface area contributed by atoms with Crippen molar-refractivity contribution >= 4 is 39.1 Å². The second kappa shape index (κ2) is 9.64. The molecule has 2 aromatic rings. The summed E-state index contributed by atoms with van der Waals surface area (Å²) >= 11 is 3.38. The molecule has 0 bridgehead atoms. The molecule has 142 valence electrons. The topological polar surface area (TPSA) is 64.7 Å². The Balaban J connectivity index is 1.37. The lowest BCUT2D eigenvalue weighted by molar-refractivity contribution is -0.120. The fourth-order valence-electron chi connectivity index (χ4n) is 2.97. The Bertz CT molecular complexity index is 759. The lowest BCUT2D eigenvalue weighted by Crippen LogP contribution is -2.50. The minimum atomic E-state index is -0.0207. The van der Waals surface area contributed by atoms with Gasteiger partial charge < -0.3 is 10.6 Å². The minimum Gasteiger partial charge on any atom is -0.325 e. The number of hydrogen-bond donors (Lipinski definition) is 2. The zero-order valence-electron chi connectivity index (χ0n) is 15.0. The molecular formula is C20H23BrN4O2.